The number of nitrogens with one attached hydrogen (secondary N) is 2. The molecule has 8 heteroatoms. The molecule has 34 heavy (non-hydrogen) atoms. The van der Waals surface area contributed by atoms with Gasteiger partial charge in [0.2, 0.25) is 0 Å². The number of amides is 1. The second kappa shape index (κ2) is 13.7. The maximum absolute atomic E-state index is 12.1. The predicted octanol–water partition coefficient (Wildman–Crippen LogP) is 3.84. The lowest BCUT2D eigenvalue weighted by Gasteiger charge is -2.13. The van der Waals surface area contributed by atoms with Gasteiger partial charge in [-0.15, -0.1) is 24.0 Å². The summed E-state index contributed by atoms with van der Waals surface area (Å²) in [4.78, 5) is 18.1. The lowest BCUT2D eigenvalue weighted by molar-refractivity contribution is 0.0827. The number of aromatic nitrogens is 2. The molecule has 0 saturated carbocycles. The van der Waals surface area contributed by atoms with E-state index in [0.717, 1.165) is 55.3 Å². The van der Waals surface area contributed by atoms with E-state index < -0.39 is 0 Å². The number of halogens is 1. The van der Waals surface area contributed by atoms with Gasteiger partial charge in [0.05, 0.1) is 11.4 Å². The van der Waals surface area contributed by atoms with Crippen molar-refractivity contribution in [2.45, 2.75) is 26.2 Å². The van der Waals surface area contributed by atoms with E-state index in [1.54, 1.807) is 26.0 Å². The van der Waals surface area contributed by atoms with Gasteiger partial charge in [-0.05, 0) is 61.6 Å². The summed E-state index contributed by atoms with van der Waals surface area (Å²) in [6.07, 6.45) is 4.87. The molecule has 1 amide bonds. The van der Waals surface area contributed by atoms with Crippen molar-refractivity contribution in [3.05, 3.63) is 83.2 Å². The average molecular weight is 575 g/mol. The molecule has 3 rings (SSSR count). The van der Waals surface area contributed by atoms with Crippen LogP contribution in [-0.2, 0) is 12.8 Å². The second-order valence-electron chi connectivity index (χ2n) is 8.20. The van der Waals surface area contributed by atoms with Crippen LogP contribution in [0.15, 0.2) is 65.8 Å². The number of carbonyl (C=O) groups excluding carboxylic acids is 1. The normalized spacial score (nSPS) is 11.0. The Labute approximate surface area is 219 Å². The van der Waals surface area contributed by atoms with Crippen molar-refractivity contribution in [2.24, 2.45) is 4.99 Å². The quantitative estimate of drug-likeness (QED) is 0.176. The molecule has 1 aromatic heterocycles. The Morgan fingerprint density at radius 3 is 2.47 bits per heavy atom. The summed E-state index contributed by atoms with van der Waals surface area (Å²) >= 11 is 0. The standard InChI is InChI=1S/C26H34N6O.HI/c1-20-23(19-32(30-20)24-13-6-5-7-14-24)12-9-16-28-26(27-2)29-17-15-21-10-8-11-22(18-21)25(33)31(3)4;/h5-8,10-11,13-14,18-19H,9,12,15-17H2,1-4H3,(H2,27,28,29);1H. The zero-order valence-electron chi connectivity index (χ0n) is 20.4. The van der Waals surface area contributed by atoms with Crippen LogP contribution in [0, 0.1) is 6.92 Å². The molecule has 0 aliphatic rings. The van der Waals surface area contributed by atoms with Crippen LogP contribution in [0.3, 0.4) is 0 Å². The number of nitrogens with zero attached hydrogens (tertiary/aromatic N) is 4. The summed E-state index contributed by atoms with van der Waals surface area (Å²) in [5.41, 5.74) is 5.24. The van der Waals surface area contributed by atoms with E-state index in [2.05, 4.69) is 46.0 Å². The van der Waals surface area contributed by atoms with Gasteiger partial charge in [-0.25, -0.2) is 4.68 Å². The monoisotopic (exact) mass is 574 g/mol. The Kier molecular flexibility index (Phi) is 11.1. The minimum Gasteiger partial charge on any atom is -0.356 e. The summed E-state index contributed by atoms with van der Waals surface area (Å²) < 4.78 is 1.94. The number of rotatable bonds is 9. The SMILES string of the molecule is CN=C(NCCCc1cn(-c2ccccc2)nc1C)NCCc1cccc(C(=O)N(C)C)c1.I. The van der Waals surface area contributed by atoms with Crippen LogP contribution >= 0.6 is 24.0 Å². The number of aryl methyl sites for hydroxylation is 2. The molecule has 182 valence electrons. The molecule has 2 N–H and O–H groups in total. The topological polar surface area (TPSA) is 74.5 Å². The van der Waals surface area contributed by atoms with Crippen molar-refractivity contribution in [3.8, 4) is 5.69 Å². The third-order valence-corrected chi connectivity index (χ3v) is 5.45. The molecule has 7 nitrogen and oxygen atoms in total. The van der Waals surface area contributed by atoms with Gasteiger partial charge < -0.3 is 15.5 Å². The summed E-state index contributed by atoms with van der Waals surface area (Å²) in [6.45, 7) is 3.62. The summed E-state index contributed by atoms with van der Waals surface area (Å²) in [5, 5.41) is 11.4. The smallest absolute Gasteiger partial charge is 0.253 e. The summed E-state index contributed by atoms with van der Waals surface area (Å²) in [5.74, 6) is 0.805. The summed E-state index contributed by atoms with van der Waals surface area (Å²) in [6, 6.07) is 18.0. The first kappa shape index (κ1) is 27.4. The van der Waals surface area contributed by atoms with Crippen LogP contribution in [-0.4, -0.2) is 60.8 Å². The Hall–Kier alpha value is -2.88. The third kappa shape index (κ3) is 7.86. The van der Waals surface area contributed by atoms with Gasteiger partial charge in [0.25, 0.3) is 5.91 Å². The first-order chi connectivity index (χ1) is 16.0. The fourth-order valence-corrected chi connectivity index (χ4v) is 3.60. The van der Waals surface area contributed by atoms with Crippen LogP contribution in [0.2, 0.25) is 0 Å². The van der Waals surface area contributed by atoms with E-state index in [-0.39, 0.29) is 29.9 Å². The number of guanidine groups is 1. The van der Waals surface area contributed by atoms with Crippen LogP contribution in [0.5, 0.6) is 0 Å². The molecule has 0 aliphatic carbocycles. The Morgan fingerprint density at radius 1 is 1.03 bits per heavy atom. The molecule has 0 spiro atoms. The number of para-hydroxylation sites is 1. The first-order valence-corrected chi connectivity index (χ1v) is 11.3. The van der Waals surface area contributed by atoms with Crippen molar-refractivity contribution < 1.29 is 4.79 Å². The fraction of sp³-hybridized carbons (Fsp3) is 0.346. The largest absolute Gasteiger partial charge is 0.356 e. The lowest BCUT2D eigenvalue weighted by Crippen LogP contribution is -2.38. The highest BCUT2D eigenvalue weighted by Gasteiger charge is 2.09. The third-order valence-electron chi connectivity index (χ3n) is 5.45. The average Bonchev–Trinajstić information content (AvgIpc) is 3.21. The molecule has 2 aromatic carbocycles. The van der Waals surface area contributed by atoms with E-state index in [0.29, 0.717) is 5.56 Å². The molecule has 0 radical (unpaired) electrons. The maximum atomic E-state index is 12.1. The van der Waals surface area contributed by atoms with Crippen molar-refractivity contribution in [3.63, 3.8) is 0 Å². The second-order valence-corrected chi connectivity index (χ2v) is 8.20. The highest BCUT2D eigenvalue weighted by Crippen LogP contribution is 2.13. The lowest BCUT2D eigenvalue weighted by atomic mass is 10.1. The van der Waals surface area contributed by atoms with Gasteiger partial charge in [0, 0.05) is 46.0 Å². The summed E-state index contributed by atoms with van der Waals surface area (Å²) in [7, 11) is 5.31. The van der Waals surface area contributed by atoms with Crippen molar-refractivity contribution in [1.82, 2.24) is 25.3 Å². The van der Waals surface area contributed by atoms with Gasteiger partial charge in [-0.2, -0.15) is 5.10 Å². The molecule has 0 fully saturated rings. The van der Waals surface area contributed by atoms with Gasteiger partial charge in [-0.1, -0.05) is 30.3 Å². The first-order valence-electron chi connectivity index (χ1n) is 11.3. The van der Waals surface area contributed by atoms with Crippen molar-refractivity contribution >= 4 is 35.8 Å². The van der Waals surface area contributed by atoms with Crippen LogP contribution in [0.4, 0.5) is 0 Å². The number of benzene rings is 2. The highest BCUT2D eigenvalue weighted by molar-refractivity contribution is 14.0. The van der Waals surface area contributed by atoms with Crippen LogP contribution in [0.1, 0.15) is 33.6 Å². The van der Waals surface area contributed by atoms with E-state index in [4.69, 9.17) is 0 Å². The molecular formula is C26H35IN6O. The van der Waals surface area contributed by atoms with Crippen molar-refractivity contribution in [1.29, 1.82) is 0 Å². The van der Waals surface area contributed by atoms with E-state index in [1.807, 2.05) is 47.1 Å². The molecule has 0 bridgehead atoms. The van der Waals surface area contributed by atoms with Crippen LogP contribution < -0.4 is 10.6 Å². The van der Waals surface area contributed by atoms with E-state index in [9.17, 15) is 4.79 Å². The molecular weight excluding hydrogens is 539 g/mol. The minimum atomic E-state index is 0. The van der Waals surface area contributed by atoms with Gasteiger partial charge >= 0.3 is 0 Å². The fourth-order valence-electron chi connectivity index (χ4n) is 3.60. The van der Waals surface area contributed by atoms with Crippen molar-refractivity contribution in [2.75, 3.05) is 34.2 Å². The van der Waals surface area contributed by atoms with Gasteiger partial charge in [0.1, 0.15) is 0 Å². The highest BCUT2D eigenvalue weighted by atomic mass is 127. The Balaban J connectivity index is 0.00000408. The Bertz CT molecular complexity index is 1080. The maximum Gasteiger partial charge on any atom is 0.253 e. The minimum absolute atomic E-state index is 0. The zero-order chi connectivity index (χ0) is 23.6. The van der Waals surface area contributed by atoms with Gasteiger partial charge in [0.15, 0.2) is 5.96 Å². The molecule has 0 aliphatic heterocycles. The number of hydrogen-bond donors (Lipinski definition) is 2. The molecule has 0 atom stereocenters. The number of carbonyl (C=O) groups is 1. The Morgan fingerprint density at radius 2 is 1.76 bits per heavy atom. The number of aliphatic imine (C=N–C) groups is 1. The van der Waals surface area contributed by atoms with E-state index >= 15 is 0 Å². The molecule has 3 aromatic rings. The molecule has 0 saturated heterocycles. The van der Waals surface area contributed by atoms with Crippen LogP contribution in [0.25, 0.3) is 5.69 Å². The predicted molar refractivity (Wildman–Crippen MR) is 150 cm³/mol. The molecule has 1 heterocycles. The zero-order valence-corrected chi connectivity index (χ0v) is 22.7. The van der Waals surface area contributed by atoms with Gasteiger partial charge in [-0.3, -0.25) is 9.79 Å². The van der Waals surface area contributed by atoms with E-state index in [1.165, 1.54) is 5.56 Å². The molecule has 0 unspecified atom stereocenters. The number of hydrogen-bond acceptors (Lipinski definition) is 3.